The van der Waals surface area contributed by atoms with Gasteiger partial charge >= 0.3 is 12.1 Å². The maximum Gasteiger partial charge on any atom is 0.406 e. The molecule has 136 valence electrons. The van der Waals surface area contributed by atoms with Gasteiger partial charge in [0, 0.05) is 17.9 Å². The number of hydrogen-bond donors (Lipinski definition) is 2. The fraction of sp³-hybridized carbons (Fsp3) is 0.500. The molecule has 0 aromatic heterocycles. The third-order valence-electron chi connectivity index (χ3n) is 4.17. The van der Waals surface area contributed by atoms with Gasteiger partial charge in [-0.15, -0.1) is 11.8 Å². The number of likely N-dealkylation sites (tertiary alicyclic amines) is 1. The van der Waals surface area contributed by atoms with E-state index in [1.807, 2.05) is 0 Å². The number of aliphatic carboxylic acids is 1. The molecule has 0 radical (unpaired) electrons. The summed E-state index contributed by atoms with van der Waals surface area (Å²) in [7, 11) is 0. The van der Waals surface area contributed by atoms with Crippen LogP contribution in [-0.4, -0.2) is 69.1 Å². The largest absolute Gasteiger partial charge is 0.477 e. The van der Waals surface area contributed by atoms with E-state index in [0.717, 1.165) is 4.90 Å². The Balaban J connectivity index is 1.88. The molecule has 2 atom stereocenters. The molecule has 0 aromatic carbocycles. The Bertz CT molecular complexity index is 719. The zero-order valence-electron chi connectivity index (χ0n) is 12.7. The van der Waals surface area contributed by atoms with Gasteiger partial charge in [-0.1, -0.05) is 0 Å². The second kappa shape index (κ2) is 6.06. The van der Waals surface area contributed by atoms with Gasteiger partial charge in [0.2, 0.25) is 11.8 Å². The molecule has 0 bridgehead atoms. The van der Waals surface area contributed by atoms with Crippen LogP contribution in [0.4, 0.5) is 13.2 Å². The highest BCUT2D eigenvalue weighted by molar-refractivity contribution is 8.00. The van der Waals surface area contributed by atoms with Crippen LogP contribution in [0.3, 0.4) is 0 Å². The van der Waals surface area contributed by atoms with Gasteiger partial charge in [0.25, 0.3) is 0 Å². The van der Waals surface area contributed by atoms with Crippen LogP contribution < -0.4 is 5.73 Å². The summed E-state index contributed by atoms with van der Waals surface area (Å²) in [5.74, 6) is -2.43. The van der Waals surface area contributed by atoms with E-state index in [4.69, 9.17) is 5.73 Å². The number of rotatable bonds is 3. The molecule has 0 spiro atoms. The summed E-state index contributed by atoms with van der Waals surface area (Å²) in [4.78, 5) is 37.2. The number of thioether (sulfide) groups is 1. The van der Waals surface area contributed by atoms with Crippen LogP contribution in [0.1, 0.15) is 6.42 Å². The fourth-order valence-corrected chi connectivity index (χ4v) is 4.28. The molecule has 1 unspecified atom stereocenters. The van der Waals surface area contributed by atoms with Gasteiger partial charge in [0.05, 0.1) is 0 Å². The molecule has 7 nitrogen and oxygen atoms in total. The summed E-state index contributed by atoms with van der Waals surface area (Å²) in [6.07, 6.45) is -3.11. The number of carbonyl (C=O) groups is 3. The number of allylic oxidation sites excluding steroid dienone is 1. The number of hydrogen-bond acceptors (Lipinski definition) is 5. The van der Waals surface area contributed by atoms with Crippen LogP contribution in [0.15, 0.2) is 22.9 Å². The predicted molar refractivity (Wildman–Crippen MR) is 81.1 cm³/mol. The Hall–Kier alpha value is -2.01. The summed E-state index contributed by atoms with van der Waals surface area (Å²) in [5, 5.41) is 8.93. The number of halogens is 3. The SMILES string of the molecule is NC1C(=O)N2C(C(=O)O)=C(/C=C3\CCN(CC(F)(F)F)C3=O)CS[C@@H]12. The smallest absolute Gasteiger partial charge is 0.406 e. The third-order valence-corrected chi connectivity index (χ3v) is 5.50. The van der Waals surface area contributed by atoms with Gasteiger partial charge < -0.3 is 15.7 Å². The van der Waals surface area contributed by atoms with Gasteiger partial charge in [0.15, 0.2) is 0 Å². The molecule has 0 saturated carbocycles. The van der Waals surface area contributed by atoms with Crippen LogP contribution >= 0.6 is 11.8 Å². The number of carbonyl (C=O) groups excluding carboxylic acids is 2. The maximum absolute atomic E-state index is 12.5. The monoisotopic (exact) mass is 377 g/mol. The Morgan fingerprint density at radius 3 is 2.68 bits per heavy atom. The first-order valence-corrected chi connectivity index (χ1v) is 8.38. The topological polar surface area (TPSA) is 104 Å². The molecule has 3 N–H and O–H groups in total. The van der Waals surface area contributed by atoms with Crippen molar-refractivity contribution in [1.82, 2.24) is 9.80 Å². The predicted octanol–water partition coefficient (Wildman–Crippen LogP) is 0.288. The summed E-state index contributed by atoms with van der Waals surface area (Å²) < 4.78 is 37.4. The number of nitrogens with zero attached hydrogens (tertiary/aromatic N) is 2. The van der Waals surface area contributed by atoms with E-state index in [-0.39, 0.29) is 35.6 Å². The molecule has 2 fully saturated rings. The number of alkyl halides is 3. The van der Waals surface area contributed by atoms with E-state index in [1.54, 1.807) is 0 Å². The first kappa shape index (κ1) is 17.8. The van der Waals surface area contributed by atoms with E-state index in [2.05, 4.69) is 0 Å². The molecule has 0 aliphatic carbocycles. The molecule has 3 heterocycles. The van der Waals surface area contributed by atoms with Crippen molar-refractivity contribution in [2.24, 2.45) is 5.73 Å². The van der Waals surface area contributed by atoms with Crippen molar-refractivity contribution >= 4 is 29.5 Å². The minimum atomic E-state index is -4.50. The maximum atomic E-state index is 12.5. The van der Waals surface area contributed by atoms with Crippen molar-refractivity contribution in [1.29, 1.82) is 0 Å². The van der Waals surface area contributed by atoms with Gasteiger partial charge in [-0.25, -0.2) is 4.79 Å². The first-order chi connectivity index (χ1) is 11.6. The van der Waals surface area contributed by atoms with Crippen molar-refractivity contribution < 1.29 is 32.7 Å². The molecule has 2 amide bonds. The zero-order chi connectivity index (χ0) is 18.5. The summed E-state index contributed by atoms with van der Waals surface area (Å²) in [6, 6.07) is -0.774. The lowest BCUT2D eigenvalue weighted by Crippen LogP contribution is -2.68. The van der Waals surface area contributed by atoms with E-state index in [1.165, 1.54) is 17.8 Å². The van der Waals surface area contributed by atoms with Gasteiger partial charge in [-0.05, 0) is 18.1 Å². The van der Waals surface area contributed by atoms with E-state index in [0.29, 0.717) is 4.90 Å². The molecule has 3 rings (SSSR count). The molecular formula is C14H14F3N3O4S. The summed E-state index contributed by atoms with van der Waals surface area (Å²) >= 11 is 1.26. The second-order valence-corrected chi connectivity index (χ2v) is 6.98. The number of carboxylic acid groups (broad SMARTS) is 1. The highest BCUT2D eigenvalue weighted by Gasteiger charge is 2.51. The Kier molecular flexibility index (Phi) is 4.31. The van der Waals surface area contributed by atoms with Crippen LogP contribution in [-0.2, 0) is 14.4 Å². The molecule has 2 saturated heterocycles. The Morgan fingerprint density at radius 1 is 1.40 bits per heavy atom. The third kappa shape index (κ3) is 3.13. The Labute approximate surface area is 144 Å². The molecular weight excluding hydrogens is 363 g/mol. The lowest BCUT2D eigenvalue weighted by Gasteiger charge is -2.47. The van der Waals surface area contributed by atoms with E-state index < -0.39 is 41.9 Å². The van der Waals surface area contributed by atoms with E-state index >= 15 is 0 Å². The fourth-order valence-electron chi connectivity index (χ4n) is 3.03. The van der Waals surface area contributed by atoms with Crippen LogP contribution in [0.2, 0.25) is 0 Å². The van der Waals surface area contributed by atoms with Crippen molar-refractivity contribution in [3.63, 3.8) is 0 Å². The van der Waals surface area contributed by atoms with Gasteiger partial charge in [-0.3, -0.25) is 14.5 Å². The number of nitrogens with two attached hydrogens (primary N) is 1. The average molecular weight is 377 g/mol. The van der Waals surface area contributed by atoms with Crippen LogP contribution in [0, 0.1) is 0 Å². The lowest BCUT2D eigenvalue weighted by molar-refractivity contribution is -0.156. The van der Waals surface area contributed by atoms with Crippen molar-refractivity contribution in [3.05, 3.63) is 22.9 Å². The quantitative estimate of drug-likeness (QED) is 0.541. The van der Waals surface area contributed by atoms with Gasteiger partial charge in [0.1, 0.15) is 23.7 Å². The zero-order valence-corrected chi connectivity index (χ0v) is 13.6. The van der Waals surface area contributed by atoms with Crippen molar-refractivity contribution in [3.8, 4) is 0 Å². The Morgan fingerprint density at radius 2 is 2.08 bits per heavy atom. The highest BCUT2D eigenvalue weighted by Crippen LogP contribution is 2.40. The highest BCUT2D eigenvalue weighted by atomic mass is 32.2. The number of β-lactam (4-membered cyclic amide) rings is 1. The van der Waals surface area contributed by atoms with E-state index in [9.17, 15) is 32.7 Å². The van der Waals surface area contributed by atoms with Crippen LogP contribution in [0.25, 0.3) is 0 Å². The van der Waals surface area contributed by atoms with Crippen molar-refractivity contribution in [2.45, 2.75) is 24.0 Å². The normalized spacial score (nSPS) is 28.6. The van der Waals surface area contributed by atoms with Gasteiger partial charge in [-0.2, -0.15) is 13.2 Å². The minimum Gasteiger partial charge on any atom is -0.477 e. The summed E-state index contributed by atoms with van der Waals surface area (Å²) in [5.41, 5.74) is 5.71. The minimum absolute atomic E-state index is 0.0802. The molecule has 3 aliphatic rings. The number of fused-ring (bicyclic) bond motifs is 1. The van der Waals surface area contributed by atoms with Crippen molar-refractivity contribution in [2.75, 3.05) is 18.8 Å². The molecule has 3 aliphatic heterocycles. The lowest BCUT2D eigenvalue weighted by atomic mass is 10.0. The average Bonchev–Trinajstić information content (AvgIpc) is 2.84. The molecule has 25 heavy (non-hydrogen) atoms. The summed E-state index contributed by atoms with van der Waals surface area (Å²) in [6.45, 7) is -1.42. The second-order valence-electron chi connectivity index (χ2n) is 5.88. The molecule has 11 heteroatoms. The number of amides is 2. The standard InChI is InChI=1S/C14H14F3N3O4S/c15-14(16,17)5-19-2-1-6(10(19)21)3-7-4-25-12-8(18)11(22)20(12)9(7)13(23)24/h3,8,12H,1-2,4-5,18H2,(H,23,24)/b6-3+/t8?,12-/m0/s1. The number of carboxylic acids is 1. The van der Waals surface area contributed by atoms with Crippen LogP contribution in [0.5, 0.6) is 0 Å². The molecule has 0 aromatic rings. The first-order valence-electron chi connectivity index (χ1n) is 7.33.